The fourth-order valence-corrected chi connectivity index (χ4v) is 4.27. The van der Waals surface area contributed by atoms with Crippen molar-refractivity contribution < 1.29 is 22.8 Å². The van der Waals surface area contributed by atoms with Gasteiger partial charge >= 0.3 is 6.18 Å². The van der Waals surface area contributed by atoms with Gasteiger partial charge < -0.3 is 9.47 Å². The van der Waals surface area contributed by atoms with Crippen LogP contribution in [0.5, 0.6) is 0 Å². The van der Waals surface area contributed by atoms with E-state index in [9.17, 15) is 22.8 Å². The molecule has 0 radical (unpaired) electrons. The SMILES string of the molecule is Cc1cc(C(=O)CN2CCCN(C(=O)C(C)C)CC2)c(C)n1-c1cccc(C(F)(F)F)c1. The van der Waals surface area contributed by atoms with Crippen LogP contribution in [0.3, 0.4) is 0 Å². The number of aromatic nitrogens is 1. The molecule has 0 spiro atoms. The molecule has 0 saturated carbocycles. The van der Waals surface area contributed by atoms with Gasteiger partial charge in [-0.3, -0.25) is 14.5 Å². The molecule has 1 aromatic heterocycles. The molecule has 2 heterocycles. The maximum absolute atomic E-state index is 13.1. The van der Waals surface area contributed by atoms with Crippen LogP contribution in [0.25, 0.3) is 5.69 Å². The van der Waals surface area contributed by atoms with E-state index in [1.807, 2.05) is 23.6 Å². The molecule has 0 N–H and O–H groups in total. The highest BCUT2D eigenvalue weighted by atomic mass is 19.4. The third-order valence-electron chi connectivity index (χ3n) is 5.92. The number of alkyl halides is 3. The van der Waals surface area contributed by atoms with Gasteiger partial charge in [0.15, 0.2) is 5.78 Å². The molecule has 0 aliphatic carbocycles. The van der Waals surface area contributed by atoms with Crippen molar-refractivity contribution in [3.05, 3.63) is 52.8 Å². The standard InChI is InChI=1S/C24H30F3N3O2/c1-16(2)23(32)29-10-6-9-28(11-12-29)15-22(31)21-13-17(3)30(18(21)4)20-8-5-7-19(14-20)24(25,26)27/h5,7-8,13-14,16H,6,9-12,15H2,1-4H3. The Bertz CT molecular complexity index is 995. The average molecular weight is 450 g/mol. The summed E-state index contributed by atoms with van der Waals surface area (Å²) < 4.78 is 41.1. The lowest BCUT2D eigenvalue weighted by molar-refractivity contribution is -0.137. The van der Waals surface area contributed by atoms with E-state index in [1.54, 1.807) is 30.5 Å². The fraction of sp³-hybridized carbons (Fsp3) is 0.500. The van der Waals surface area contributed by atoms with Crippen molar-refractivity contribution in [1.82, 2.24) is 14.4 Å². The largest absolute Gasteiger partial charge is 0.416 e. The zero-order valence-corrected chi connectivity index (χ0v) is 19.0. The van der Waals surface area contributed by atoms with Crippen molar-refractivity contribution >= 4 is 11.7 Å². The summed E-state index contributed by atoms with van der Waals surface area (Å²) in [5.74, 6) is 0.00666. The highest BCUT2D eigenvalue weighted by Gasteiger charge is 2.31. The van der Waals surface area contributed by atoms with Gasteiger partial charge in [-0.1, -0.05) is 19.9 Å². The molecule has 1 amide bonds. The lowest BCUT2D eigenvalue weighted by Crippen LogP contribution is -2.38. The highest BCUT2D eigenvalue weighted by molar-refractivity contribution is 5.99. The van der Waals surface area contributed by atoms with Crippen LogP contribution in [-0.4, -0.2) is 58.8 Å². The van der Waals surface area contributed by atoms with E-state index in [4.69, 9.17) is 0 Å². The molecule has 1 fully saturated rings. The maximum atomic E-state index is 13.1. The summed E-state index contributed by atoms with van der Waals surface area (Å²) in [6.07, 6.45) is -3.63. The van der Waals surface area contributed by atoms with Gasteiger partial charge in [-0.05, 0) is 44.5 Å². The first-order valence-electron chi connectivity index (χ1n) is 10.9. The topological polar surface area (TPSA) is 45.6 Å². The number of aryl methyl sites for hydroxylation is 1. The summed E-state index contributed by atoms with van der Waals surface area (Å²) in [5.41, 5.74) is 1.50. The summed E-state index contributed by atoms with van der Waals surface area (Å²) >= 11 is 0. The molecular formula is C24H30F3N3O2. The van der Waals surface area contributed by atoms with E-state index in [-0.39, 0.29) is 24.2 Å². The molecule has 1 aliphatic rings. The minimum Gasteiger partial charge on any atom is -0.341 e. The van der Waals surface area contributed by atoms with Crippen LogP contribution in [0.1, 0.15) is 47.6 Å². The molecular weight excluding hydrogens is 419 g/mol. The van der Waals surface area contributed by atoms with E-state index in [0.29, 0.717) is 42.3 Å². The number of halogens is 3. The second-order valence-corrected chi connectivity index (χ2v) is 8.70. The van der Waals surface area contributed by atoms with Gasteiger partial charge in [-0.25, -0.2) is 0 Å². The molecule has 1 aliphatic heterocycles. The number of carbonyl (C=O) groups is 2. The smallest absolute Gasteiger partial charge is 0.341 e. The molecule has 1 saturated heterocycles. The Hall–Kier alpha value is -2.61. The minimum absolute atomic E-state index is 0.0515. The number of amides is 1. The van der Waals surface area contributed by atoms with Crippen molar-refractivity contribution in [3.63, 3.8) is 0 Å². The average Bonchev–Trinajstić information content (AvgIpc) is 2.88. The maximum Gasteiger partial charge on any atom is 0.416 e. The zero-order valence-electron chi connectivity index (χ0n) is 19.0. The molecule has 0 unspecified atom stereocenters. The van der Waals surface area contributed by atoms with Crippen molar-refractivity contribution in [2.45, 2.75) is 40.3 Å². The Labute approximate surface area is 186 Å². The molecule has 1 aromatic carbocycles. The first-order chi connectivity index (χ1) is 15.0. The third kappa shape index (κ3) is 5.23. The highest BCUT2D eigenvalue weighted by Crippen LogP contribution is 2.31. The van der Waals surface area contributed by atoms with Crippen molar-refractivity contribution in [1.29, 1.82) is 0 Å². The predicted octanol–water partition coefficient (Wildman–Crippen LogP) is 4.49. The molecule has 3 rings (SSSR count). The van der Waals surface area contributed by atoms with Gasteiger partial charge in [0.05, 0.1) is 12.1 Å². The monoisotopic (exact) mass is 449 g/mol. The first kappa shape index (κ1) is 24.0. The Balaban J connectivity index is 1.76. The zero-order chi connectivity index (χ0) is 23.6. The molecule has 5 nitrogen and oxygen atoms in total. The quantitative estimate of drug-likeness (QED) is 0.632. The summed E-state index contributed by atoms with van der Waals surface area (Å²) in [5, 5.41) is 0. The lowest BCUT2D eigenvalue weighted by atomic mass is 10.1. The number of hydrogen-bond acceptors (Lipinski definition) is 3. The van der Waals surface area contributed by atoms with Crippen LogP contribution >= 0.6 is 0 Å². The Morgan fingerprint density at radius 3 is 2.41 bits per heavy atom. The lowest BCUT2D eigenvalue weighted by Gasteiger charge is -2.23. The van der Waals surface area contributed by atoms with Crippen LogP contribution in [0.2, 0.25) is 0 Å². The third-order valence-corrected chi connectivity index (χ3v) is 5.92. The van der Waals surface area contributed by atoms with Crippen molar-refractivity contribution in [3.8, 4) is 5.69 Å². The van der Waals surface area contributed by atoms with Gasteiger partial charge in [-0.2, -0.15) is 13.2 Å². The number of carbonyl (C=O) groups excluding carboxylic acids is 2. The van der Waals surface area contributed by atoms with Crippen molar-refractivity contribution in [2.24, 2.45) is 5.92 Å². The van der Waals surface area contributed by atoms with Crippen LogP contribution < -0.4 is 0 Å². The van der Waals surface area contributed by atoms with Gasteiger partial charge in [0.2, 0.25) is 5.91 Å². The van der Waals surface area contributed by atoms with Crippen LogP contribution in [0.4, 0.5) is 13.2 Å². The van der Waals surface area contributed by atoms with Crippen LogP contribution in [0, 0.1) is 19.8 Å². The minimum atomic E-state index is -4.43. The normalized spacial score (nSPS) is 15.8. The van der Waals surface area contributed by atoms with Gasteiger partial charge in [0.25, 0.3) is 0 Å². The van der Waals surface area contributed by atoms with Gasteiger partial charge in [0.1, 0.15) is 0 Å². The second-order valence-electron chi connectivity index (χ2n) is 8.70. The Morgan fingerprint density at radius 1 is 1.03 bits per heavy atom. The number of hydrogen-bond donors (Lipinski definition) is 0. The Kier molecular flexibility index (Phi) is 7.12. The second kappa shape index (κ2) is 9.48. The fourth-order valence-electron chi connectivity index (χ4n) is 4.27. The summed E-state index contributed by atoms with van der Waals surface area (Å²) in [6.45, 7) is 10.1. The summed E-state index contributed by atoms with van der Waals surface area (Å²) in [6, 6.07) is 6.86. The number of nitrogens with zero attached hydrogens (tertiary/aromatic N) is 3. The van der Waals surface area contributed by atoms with E-state index in [0.717, 1.165) is 25.1 Å². The first-order valence-corrected chi connectivity index (χ1v) is 10.9. The molecule has 8 heteroatoms. The van der Waals surface area contributed by atoms with E-state index in [1.165, 1.54) is 6.07 Å². The Morgan fingerprint density at radius 2 is 1.75 bits per heavy atom. The number of rotatable bonds is 5. The van der Waals surface area contributed by atoms with Gasteiger partial charge in [0, 0.05) is 54.7 Å². The van der Waals surface area contributed by atoms with E-state index < -0.39 is 11.7 Å². The summed E-state index contributed by atoms with van der Waals surface area (Å²) in [4.78, 5) is 29.3. The summed E-state index contributed by atoms with van der Waals surface area (Å²) in [7, 11) is 0. The molecule has 32 heavy (non-hydrogen) atoms. The van der Waals surface area contributed by atoms with Crippen molar-refractivity contribution in [2.75, 3.05) is 32.7 Å². The number of Topliss-reactive ketones (excluding diaryl/α,β-unsaturated/α-hetero) is 1. The van der Waals surface area contributed by atoms with Crippen LogP contribution in [-0.2, 0) is 11.0 Å². The van der Waals surface area contributed by atoms with Crippen LogP contribution in [0.15, 0.2) is 30.3 Å². The number of benzene rings is 1. The van der Waals surface area contributed by atoms with Gasteiger partial charge in [-0.15, -0.1) is 0 Å². The van der Waals surface area contributed by atoms with E-state index in [2.05, 4.69) is 0 Å². The molecule has 0 atom stereocenters. The van der Waals surface area contributed by atoms with E-state index >= 15 is 0 Å². The predicted molar refractivity (Wildman–Crippen MR) is 117 cm³/mol. The molecule has 0 bridgehead atoms. The number of ketones is 1. The molecule has 2 aromatic rings. The molecule has 174 valence electrons.